The van der Waals surface area contributed by atoms with Crippen molar-refractivity contribution in [1.82, 2.24) is 9.78 Å². The van der Waals surface area contributed by atoms with Crippen molar-refractivity contribution >= 4 is 0 Å². The lowest BCUT2D eigenvalue weighted by molar-refractivity contribution is 0.650. The van der Waals surface area contributed by atoms with Crippen LogP contribution in [0.5, 0.6) is 0 Å². The van der Waals surface area contributed by atoms with E-state index in [1.165, 1.54) is 5.56 Å². The van der Waals surface area contributed by atoms with Gasteiger partial charge in [-0.2, -0.15) is 5.10 Å². The summed E-state index contributed by atoms with van der Waals surface area (Å²) in [7, 11) is 0. The Morgan fingerprint density at radius 3 is 2.57 bits per heavy atom. The van der Waals surface area contributed by atoms with Crippen molar-refractivity contribution in [3.05, 3.63) is 53.9 Å². The van der Waals surface area contributed by atoms with Gasteiger partial charge in [0.15, 0.2) is 0 Å². The van der Waals surface area contributed by atoms with Gasteiger partial charge in [-0.1, -0.05) is 30.3 Å². The number of hydrogen-bond donors (Lipinski definition) is 0. The van der Waals surface area contributed by atoms with E-state index in [9.17, 15) is 0 Å². The number of aromatic nitrogens is 2. The van der Waals surface area contributed by atoms with E-state index >= 15 is 0 Å². The Hall–Kier alpha value is -1.57. The molecule has 0 bridgehead atoms. The molecule has 1 aromatic heterocycles. The molecule has 0 unspecified atom stereocenters. The van der Waals surface area contributed by atoms with E-state index in [-0.39, 0.29) is 0 Å². The van der Waals surface area contributed by atoms with Crippen LogP contribution >= 0.6 is 0 Å². The van der Waals surface area contributed by atoms with Crippen molar-refractivity contribution in [3.63, 3.8) is 0 Å². The molecule has 2 rings (SSSR count). The summed E-state index contributed by atoms with van der Waals surface area (Å²) in [5.74, 6) is 0. The second-order valence-corrected chi connectivity index (χ2v) is 3.33. The van der Waals surface area contributed by atoms with Gasteiger partial charge < -0.3 is 0 Å². The molecular formula is C12H14N2. The molecule has 14 heavy (non-hydrogen) atoms. The van der Waals surface area contributed by atoms with E-state index in [0.29, 0.717) is 0 Å². The first-order valence-electron chi connectivity index (χ1n) is 4.94. The highest BCUT2D eigenvalue weighted by Crippen LogP contribution is 2.06. The summed E-state index contributed by atoms with van der Waals surface area (Å²) >= 11 is 0. The van der Waals surface area contributed by atoms with Crippen LogP contribution in [0, 0.1) is 0 Å². The molecule has 0 spiro atoms. The van der Waals surface area contributed by atoms with E-state index < -0.39 is 0 Å². The fourth-order valence-corrected chi connectivity index (χ4v) is 1.48. The zero-order chi connectivity index (χ0) is 9.80. The van der Waals surface area contributed by atoms with Gasteiger partial charge in [0.1, 0.15) is 0 Å². The first-order valence-corrected chi connectivity index (χ1v) is 4.94. The van der Waals surface area contributed by atoms with E-state index in [1.807, 2.05) is 16.9 Å². The summed E-state index contributed by atoms with van der Waals surface area (Å²) in [6.45, 7) is 3.04. The van der Waals surface area contributed by atoms with Gasteiger partial charge in [0, 0.05) is 19.2 Å². The first-order chi connectivity index (χ1) is 6.88. The first kappa shape index (κ1) is 9.00. The lowest BCUT2D eigenvalue weighted by atomic mass is 10.1. The smallest absolute Gasteiger partial charge is 0.0668 e. The molecule has 2 nitrogen and oxygen atoms in total. The van der Waals surface area contributed by atoms with Crippen LogP contribution in [0.3, 0.4) is 0 Å². The SMILES string of the molecule is CCn1ccc(Cc2ccccc2)n1. The highest BCUT2D eigenvalue weighted by molar-refractivity contribution is 5.20. The molecule has 0 N–H and O–H groups in total. The Kier molecular flexibility index (Phi) is 2.63. The number of rotatable bonds is 3. The zero-order valence-corrected chi connectivity index (χ0v) is 8.35. The molecule has 0 aliphatic rings. The van der Waals surface area contributed by atoms with E-state index in [0.717, 1.165) is 18.7 Å². The molecule has 1 aromatic carbocycles. The summed E-state index contributed by atoms with van der Waals surface area (Å²) in [6, 6.07) is 12.5. The summed E-state index contributed by atoms with van der Waals surface area (Å²) < 4.78 is 1.96. The lowest BCUT2D eigenvalue weighted by Crippen LogP contribution is -1.96. The third-order valence-electron chi connectivity index (χ3n) is 2.25. The minimum absolute atomic E-state index is 0.924. The van der Waals surface area contributed by atoms with Gasteiger partial charge in [0.2, 0.25) is 0 Å². The quantitative estimate of drug-likeness (QED) is 0.720. The van der Waals surface area contributed by atoms with Crippen LogP contribution in [-0.2, 0) is 13.0 Å². The Morgan fingerprint density at radius 1 is 1.14 bits per heavy atom. The molecule has 0 atom stereocenters. The average Bonchev–Trinajstić information content (AvgIpc) is 2.67. The number of nitrogens with zero attached hydrogens (tertiary/aromatic N) is 2. The van der Waals surface area contributed by atoms with Crippen LogP contribution in [-0.4, -0.2) is 9.78 Å². The van der Waals surface area contributed by atoms with E-state index in [2.05, 4.69) is 42.4 Å². The van der Waals surface area contributed by atoms with E-state index in [4.69, 9.17) is 0 Å². The van der Waals surface area contributed by atoms with Crippen LogP contribution in [0.15, 0.2) is 42.6 Å². The van der Waals surface area contributed by atoms with E-state index in [1.54, 1.807) is 0 Å². The average molecular weight is 186 g/mol. The molecular weight excluding hydrogens is 172 g/mol. The Morgan fingerprint density at radius 2 is 1.93 bits per heavy atom. The maximum absolute atomic E-state index is 4.44. The molecule has 0 saturated heterocycles. The second kappa shape index (κ2) is 4.09. The fraction of sp³-hybridized carbons (Fsp3) is 0.250. The monoisotopic (exact) mass is 186 g/mol. The van der Waals surface area contributed by atoms with Gasteiger partial charge in [-0.15, -0.1) is 0 Å². The minimum atomic E-state index is 0.924. The van der Waals surface area contributed by atoms with Crippen LogP contribution in [0.1, 0.15) is 18.2 Å². The van der Waals surface area contributed by atoms with Crippen molar-refractivity contribution in [2.75, 3.05) is 0 Å². The van der Waals surface area contributed by atoms with Gasteiger partial charge in [-0.3, -0.25) is 4.68 Å². The summed E-state index contributed by atoms with van der Waals surface area (Å²) in [5, 5.41) is 4.44. The summed E-state index contributed by atoms with van der Waals surface area (Å²) in [4.78, 5) is 0. The number of benzene rings is 1. The molecule has 0 aliphatic carbocycles. The molecule has 72 valence electrons. The van der Waals surface area contributed by atoms with Crippen LogP contribution in [0.4, 0.5) is 0 Å². The second-order valence-electron chi connectivity index (χ2n) is 3.33. The molecule has 0 amide bonds. The van der Waals surface area contributed by atoms with Crippen molar-refractivity contribution < 1.29 is 0 Å². The van der Waals surface area contributed by atoms with Crippen LogP contribution in [0.2, 0.25) is 0 Å². The topological polar surface area (TPSA) is 17.8 Å². The third kappa shape index (κ3) is 2.02. The van der Waals surface area contributed by atoms with Gasteiger partial charge in [0.25, 0.3) is 0 Å². The third-order valence-corrected chi connectivity index (χ3v) is 2.25. The maximum Gasteiger partial charge on any atom is 0.0668 e. The molecule has 2 aromatic rings. The van der Waals surface area contributed by atoms with Crippen LogP contribution < -0.4 is 0 Å². The fourth-order valence-electron chi connectivity index (χ4n) is 1.48. The van der Waals surface area contributed by atoms with Gasteiger partial charge in [-0.05, 0) is 18.6 Å². The van der Waals surface area contributed by atoms with Crippen LogP contribution in [0.25, 0.3) is 0 Å². The minimum Gasteiger partial charge on any atom is -0.273 e. The molecule has 2 heteroatoms. The molecule has 0 saturated carbocycles. The predicted octanol–water partition coefficient (Wildman–Crippen LogP) is 2.49. The van der Waals surface area contributed by atoms with Crippen molar-refractivity contribution in [3.8, 4) is 0 Å². The highest BCUT2D eigenvalue weighted by atomic mass is 15.3. The van der Waals surface area contributed by atoms with Gasteiger partial charge >= 0.3 is 0 Å². The highest BCUT2D eigenvalue weighted by Gasteiger charge is 1.98. The van der Waals surface area contributed by atoms with Crippen molar-refractivity contribution in [2.45, 2.75) is 19.9 Å². The summed E-state index contributed by atoms with van der Waals surface area (Å²) in [5.41, 5.74) is 2.45. The number of hydrogen-bond acceptors (Lipinski definition) is 1. The lowest BCUT2D eigenvalue weighted by Gasteiger charge is -1.97. The normalized spacial score (nSPS) is 10.4. The van der Waals surface area contributed by atoms with Gasteiger partial charge in [0.05, 0.1) is 5.69 Å². The number of aryl methyl sites for hydroxylation is 1. The van der Waals surface area contributed by atoms with Crippen molar-refractivity contribution in [1.29, 1.82) is 0 Å². The predicted molar refractivity (Wildman–Crippen MR) is 57.1 cm³/mol. The Balaban J connectivity index is 2.11. The molecule has 1 heterocycles. The van der Waals surface area contributed by atoms with Gasteiger partial charge in [-0.25, -0.2) is 0 Å². The zero-order valence-electron chi connectivity index (χ0n) is 8.35. The Labute approximate surface area is 84.2 Å². The molecule has 0 fully saturated rings. The van der Waals surface area contributed by atoms with Crippen molar-refractivity contribution in [2.24, 2.45) is 0 Å². The largest absolute Gasteiger partial charge is 0.273 e. The standard InChI is InChI=1S/C12H14N2/c1-2-14-9-8-12(13-14)10-11-6-4-3-5-7-11/h3-9H,2,10H2,1H3. The summed E-state index contributed by atoms with van der Waals surface area (Å²) in [6.07, 6.45) is 2.95. The molecule has 0 aliphatic heterocycles. The molecule has 0 radical (unpaired) electrons. The Bertz CT molecular complexity index is 390. The maximum atomic E-state index is 4.44.